The molecule has 0 spiro atoms. The Balaban J connectivity index is 1.78. The molecule has 158 valence electrons. The summed E-state index contributed by atoms with van der Waals surface area (Å²) in [5, 5.41) is 5.81. The molecule has 0 saturated heterocycles. The van der Waals surface area contributed by atoms with Crippen molar-refractivity contribution in [2.75, 3.05) is 20.8 Å². The molecule has 7 heteroatoms. The second-order valence-corrected chi connectivity index (χ2v) is 8.26. The Morgan fingerprint density at radius 1 is 1.06 bits per heavy atom. The van der Waals surface area contributed by atoms with E-state index in [1.165, 1.54) is 0 Å². The number of hydrogen-bond donors (Lipinski definition) is 0. The van der Waals surface area contributed by atoms with Crippen LogP contribution in [0, 0.1) is 19.3 Å². The van der Waals surface area contributed by atoms with E-state index in [-0.39, 0.29) is 11.9 Å². The smallest absolute Gasteiger partial charge is 0.162 e. The summed E-state index contributed by atoms with van der Waals surface area (Å²) in [7, 11) is 3.28. The number of aliphatic imine (C=N–C) groups is 1. The minimum atomic E-state index is 0.0371. The molecule has 3 aromatic rings. The molecular formula is C24H23N3O3S. The second-order valence-electron chi connectivity index (χ2n) is 6.96. The fourth-order valence-corrected chi connectivity index (χ4v) is 4.73. The average molecular weight is 434 g/mol. The normalized spacial score (nSPS) is 14.9. The highest BCUT2D eigenvalue weighted by atomic mass is 32.2. The summed E-state index contributed by atoms with van der Waals surface area (Å²) in [6, 6.07) is 13.7. The molecule has 2 heterocycles. The van der Waals surface area contributed by atoms with Gasteiger partial charge in [-0.05, 0) is 55.8 Å². The van der Waals surface area contributed by atoms with Crippen LogP contribution in [0.15, 0.2) is 47.5 Å². The first-order valence-corrected chi connectivity index (χ1v) is 10.6. The summed E-state index contributed by atoms with van der Waals surface area (Å²) >= 11 is 1.70. The molecule has 1 aromatic heterocycles. The van der Waals surface area contributed by atoms with Crippen molar-refractivity contribution in [1.82, 2.24) is 9.78 Å². The molecule has 0 aliphatic carbocycles. The zero-order chi connectivity index (χ0) is 22.0. The number of ether oxygens (including phenoxy) is 3. The maximum Gasteiger partial charge on any atom is 0.162 e. The van der Waals surface area contributed by atoms with Gasteiger partial charge in [-0.25, -0.2) is 9.67 Å². The Hall–Kier alpha value is -3.37. The fraction of sp³-hybridized carbons (Fsp3) is 0.250. The van der Waals surface area contributed by atoms with Gasteiger partial charge in [0, 0.05) is 5.56 Å². The molecule has 1 aliphatic rings. The molecule has 0 saturated carbocycles. The molecule has 0 N–H and O–H groups in total. The molecule has 6 nitrogen and oxygen atoms in total. The van der Waals surface area contributed by atoms with Crippen LogP contribution in [0.4, 0.5) is 5.82 Å². The van der Waals surface area contributed by atoms with E-state index in [4.69, 9.17) is 30.7 Å². The predicted molar refractivity (Wildman–Crippen MR) is 124 cm³/mol. The van der Waals surface area contributed by atoms with Crippen LogP contribution in [-0.2, 0) is 0 Å². The minimum Gasteiger partial charge on any atom is -0.497 e. The van der Waals surface area contributed by atoms with Crippen molar-refractivity contribution < 1.29 is 14.2 Å². The third-order valence-electron chi connectivity index (χ3n) is 5.01. The number of methoxy groups -OCH3 is 2. The van der Waals surface area contributed by atoms with E-state index in [9.17, 15) is 0 Å². The van der Waals surface area contributed by atoms with Crippen LogP contribution in [0.3, 0.4) is 0 Å². The van der Waals surface area contributed by atoms with Crippen molar-refractivity contribution in [2.24, 2.45) is 4.99 Å². The van der Waals surface area contributed by atoms with Crippen LogP contribution in [0.2, 0.25) is 0 Å². The first-order valence-electron chi connectivity index (χ1n) is 9.75. The van der Waals surface area contributed by atoms with Gasteiger partial charge in [-0.15, -0.1) is 6.42 Å². The molecule has 0 unspecified atom stereocenters. The van der Waals surface area contributed by atoms with Crippen molar-refractivity contribution in [3.63, 3.8) is 0 Å². The van der Waals surface area contributed by atoms with E-state index in [1.54, 1.807) is 26.0 Å². The summed E-state index contributed by atoms with van der Waals surface area (Å²) in [5.74, 6) is 5.40. The van der Waals surface area contributed by atoms with E-state index < -0.39 is 0 Å². The summed E-state index contributed by atoms with van der Waals surface area (Å²) in [6.45, 7) is 4.23. The largest absolute Gasteiger partial charge is 0.497 e. The highest BCUT2D eigenvalue weighted by molar-refractivity contribution is 8.14. The quantitative estimate of drug-likeness (QED) is 0.507. The number of benzene rings is 2. The van der Waals surface area contributed by atoms with E-state index >= 15 is 0 Å². The lowest BCUT2D eigenvalue weighted by atomic mass is 10.0. The number of aryl methyl sites for hydroxylation is 1. The highest BCUT2D eigenvalue weighted by Gasteiger charge is 2.30. The topological polar surface area (TPSA) is 57.9 Å². The third kappa shape index (κ3) is 3.99. The predicted octanol–water partition coefficient (Wildman–Crippen LogP) is 5.10. The third-order valence-corrected chi connectivity index (χ3v) is 6.19. The number of terminal acetylenes is 1. The van der Waals surface area contributed by atoms with Gasteiger partial charge in [-0.2, -0.15) is 5.10 Å². The molecule has 0 fully saturated rings. The number of thioether (sulfide) groups is 1. The standard InChI is InChI=1S/C24H23N3O3S/c1-6-13-30-20-12-7-17(14-21(20)29-5)23-22-15(2)26-27(24(22)25-16(3)31-23)18-8-10-19(28-4)11-9-18/h1,7-12,14,23H,13H2,2-5H3/t23-/m0/s1. The van der Waals surface area contributed by atoms with Gasteiger partial charge in [0.2, 0.25) is 0 Å². The van der Waals surface area contributed by atoms with Crippen LogP contribution < -0.4 is 14.2 Å². The number of nitrogens with zero attached hydrogens (tertiary/aromatic N) is 3. The molecule has 0 bridgehead atoms. The summed E-state index contributed by atoms with van der Waals surface area (Å²) < 4.78 is 18.3. The highest BCUT2D eigenvalue weighted by Crippen LogP contribution is 2.48. The SMILES string of the molecule is C#CCOc1ccc([C@@H]2SC(C)=Nc3c2c(C)nn3-c2ccc(OC)cc2)cc1OC. The summed E-state index contributed by atoms with van der Waals surface area (Å²) in [5.41, 5.74) is 4.04. The van der Waals surface area contributed by atoms with Gasteiger partial charge >= 0.3 is 0 Å². The first-order chi connectivity index (χ1) is 15.0. The van der Waals surface area contributed by atoms with Gasteiger partial charge in [-0.3, -0.25) is 0 Å². The molecule has 31 heavy (non-hydrogen) atoms. The molecular weight excluding hydrogens is 410 g/mol. The Kier molecular flexibility index (Phi) is 5.92. The van der Waals surface area contributed by atoms with Crippen molar-refractivity contribution in [2.45, 2.75) is 19.1 Å². The molecule has 1 aliphatic heterocycles. The zero-order valence-corrected chi connectivity index (χ0v) is 18.7. The number of aromatic nitrogens is 2. The average Bonchev–Trinajstić information content (AvgIpc) is 3.13. The fourth-order valence-electron chi connectivity index (χ4n) is 3.57. The minimum absolute atomic E-state index is 0.0371. The number of fused-ring (bicyclic) bond motifs is 1. The van der Waals surface area contributed by atoms with Crippen LogP contribution in [0.25, 0.3) is 5.69 Å². The van der Waals surface area contributed by atoms with Gasteiger partial charge in [0.05, 0.1) is 35.9 Å². The van der Waals surface area contributed by atoms with Gasteiger partial charge in [-0.1, -0.05) is 23.7 Å². The lowest BCUT2D eigenvalue weighted by molar-refractivity contribution is 0.330. The van der Waals surface area contributed by atoms with Crippen LogP contribution >= 0.6 is 11.8 Å². The van der Waals surface area contributed by atoms with E-state index in [0.29, 0.717) is 11.5 Å². The first kappa shape index (κ1) is 20.9. The summed E-state index contributed by atoms with van der Waals surface area (Å²) in [4.78, 5) is 4.83. The Labute approximate surface area is 186 Å². The van der Waals surface area contributed by atoms with E-state index in [0.717, 1.165) is 39.1 Å². The second kappa shape index (κ2) is 8.78. The van der Waals surface area contributed by atoms with E-state index in [2.05, 4.69) is 5.92 Å². The van der Waals surface area contributed by atoms with Crippen molar-refractivity contribution >= 4 is 22.6 Å². The Bertz CT molecular complexity index is 1180. The van der Waals surface area contributed by atoms with Gasteiger partial charge in [0.15, 0.2) is 17.3 Å². The van der Waals surface area contributed by atoms with Gasteiger partial charge < -0.3 is 14.2 Å². The van der Waals surface area contributed by atoms with Gasteiger partial charge in [0.25, 0.3) is 0 Å². The van der Waals surface area contributed by atoms with E-state index in [1.807, 2.05) is 61.0 Å². The lowest BCUT2D eigenvalue weighted by Gasteiger charge is -2.23. The molecule has 0 amide bonds. The molecule has 4 rings (SSSR count). The van der Waals surface area contributed by atoms with Gasteiger partial charge in [0.1, 0.15) is 12.4 Å². The summed E-state index contributed by atoms with van der Waals surface area (Å²) in [6.07, 6.45) is 5.32. The maximum atomic E-state index is 5.60. The lowest BCUT2D eigenvalue weighted by Crippen LogP contribution is -2.07. The van der Waals surface area contributed by atoms with Crippen molar-refractivity contribution in [3.05, 3.63) is 59.3 Å². The van der Waals surface area contributed by atoms with Crippen molar-refractivity contribution in [1.29, 1.82) is 0 Å². The van der Waals surface area contributed by atoms with Crippen LogP contribution in [0.1, 0.15) is 29.0 Å². The molecule has 1 atom stereocenters. The number of hydrogen-bond acceptors (Lipinski definition) is 6. The Morgan fingerprint density at radius 3 is 2.52 bits per heavy atom. The maximum absolute atomic E-state index is 5.60. The van der Waals surface area contributed by atoms with Crippen LogP contribution in [0.5, 0.6) is 17.2 Å². The van der Waals surface area contributed by atoms with Crippen molar-refractivity contribution in [3.8, 4) is 35.3 Å². The van der Waals surface area contributed by atoms with Crippen LogP contribution in [-0.4, -0.2) is 35.7 Å². The zero-order valence-electron chi connectivity index (χ0n) is 17.9. The number of rotatable bonds is 6. The molecule has 0 radical (unpaired) electrons. The Morgan fingerprint density at radius 2 is 1.84 bits per heavy atom. The monoisotopic (exact) mass is 433 g/mol. The molecule has 2 aromatic carbocycles.